The van der Waals surface area contributed by atoms with Gasteiger partial charge in [-0.1, -0.05) is 53.4 Å². The second-order valence-corrected chi connectivity index (χ2v) is 11.3. The molecule has 0 bridgehead atoms. The number of tetrazole rings is 1. The lowest BCUT2D eigenvalue weighted by Crippen LogP contribution is -2.80. The maximum Gasteiger partial charge on any atom is 0.352 e. The normalized spacial score (nSPS) is 20.2. The van der Waals surface area contributed by atoms with Crippen molar-refractivity contribution >= 4 is 52.1 Å². The fourth-order valence-electron chi connectivity index (χ4n) is 4.80. The number of rotatable bonds is 9. The molecule has 210 valence electrons. The van der Waals surface area contributed by atoms with Crippen LogP contribution in [-0.2, 0) is 32.7 Å². The molecule has 2 N–H and O–H groups in total. The Labute approximate surface area is 241 Å². The fourth-order valence-corrected chi connectivity index (χ4v) is 7.23. The molecule has 0 aliphatic carbocycles. The van der Waals surface area contributed by atoms with Gasteiger partial charge in [-0.2, -0.15) is 0 Å². The molecule has 0 spiro atoms. The van der Waals surface area contributed by atoms with Gasteiger partial charge in [0.15, 0.2) is 0 Å². The molecule has 4 aromatic rings. The van der Waals surface area contributed by atoms with Crippen molar-refractivity contribution in [3.63, 3.8) is 0 Å². The average molecular weight is 594 g/mol. The number of carbonyl (C=O) groups is 3. The number of nitrogens with one attached hydrogen (secondary N) is 1. The van der Waals surface area contributed by atoms with Crippen LogP contribution in [0.25, 0.3) is 22.0 Å². The number of fused-ring (bicyclic) bond motifs is 2. The van der Waals surface area contributed by atoms with Crippen molar-refractivity contribution in [3.05, 3.63) is 59.9 Å². The third-order valence-corrected chi connectivity index (χ3v) is 9.28. The van der Waals surface area contributed by atoms with Crippen molar-refractivity contribution < 1.29 is 24.2 Å². The molecule has 0 radical (unpaired) electrons. The lowest BCUT2D eigenvalue weighted by atomic mass is 9.98. The fraction of sp³-hybridized carbons (Fsp3) is 0.280. The van der Waals surface area contributed by atoms with Crippen LogP contribution in [0.15, 0.2) is 65.1 Å². The number of ether oxygens (including phenoxy) is 1. The zero-order valence-corrected chi connectivity index (χ0v) is 23.4. The van der Waals surface area contributed by atoms with Crippen LogP contribution >= 0.6 is 23.5 Å². The molecule has 1 saturated heterocycles. The van der Waals surface area contributed by atoms with Gasteiger partial charge in [0, 0.05) is 31.2 Å². The summed E-state index contributed by atoms with van der Waals surface area (Å²) in [6, 6.07) is 13.9. The summed E-state index contributed by atoms with van der Waals surface area (Å²) in [7, 11) is 2.98. The van der Waals surface area contributed by atoms with Gasteiger partial charge in [-0.3, -0.25) is 14.5 Å². The number of aryl methyl sites for hydroxylation is 1. The molecule has 2 aromatic carbocycles. The zero-order chi connectivity index (χ0) is 28.7. The van der Waals surface area contributed by atoms with Crippen LogP contribution < -0.4 is 5.32 Å². The number of methoxy groups -OCH3 is 1. The van der Waals surface area contributed by atoms with E-state index in [1.165, 1.54) is 44.9 Å². The minimum atomic E-state index is -1.71. The molecule has 41 heavy (non-hydrogen) atoms. The minimum absolute atomic E-state index is 0.125. The molecule has 14 nitrogen and oxygen atoms in total. The first-order valence-corrected chi connectivity index (χ1v) is 14.4. The number of benzene rings is 2. The number of hydrogen-bond donors (Lipinski definition) is 2. The van der Waals surface area contributed by atoms with Gasteiger partial charge in [0.05, 0.1) is 6.20 Å². The van der Waals surface area contributed by atoms with Crippen molar-refractivity contribution in [2.75, 3.05) is 18.6 Å². The number of thioether (sulfide) groups is 2. The van der Waals surface area contributed by atoms with E-state index in [9.17, 15) is 19.5 Å². The van der Waals surface area contributed by atoms with Gasteiger partial charge in [-0.15, -0.1) is 22.0 Å². The standard InChI is InChI=1S/C25H23N9O5S2/c1-32-24(28-29-31-32)41-13-17-12-40-23-25(39-2,22(38)34(23)20(17)21(36)37)26-19(35)11-33-10-18(27-30-33)16-8-7-14-5-3-4-6-15(14)9-16/h3-10,23H,11-13H2,1-2H3,(H,26,35)(H,36,37)/t23-,25+/m1/s1. The Hall–Kier alpha value is -4.28. The van der Waals surface area contributed by atoms with Gasteiger partial charge in [-0.05, 0) is 32.8 Å². The second-order valence-electron chi connectivity index (χ2n) is 9.32. The van der Waals surface area contributed by atoms with E-state index >= 15 is 0 Å². The van der Waals surface area contributed by atoms with Gasteiger partial charge < -0.3 is 15.2 Å². The highest BCUT2D eigenvalue weighted by Crippen LogP contribution is 2.47. The Morgan fingerprint density at radius 1 is 1.20 bits per heavy atom. The summed E-state index contributed by atoms with van der Waals surface area (Å²) >= 11 is 2.57. The summed E-state index contributed by atoms with van der Waals surface area (Å²) < 4.78 is 8.39. The van der Waals surface area contributed by atoms with Gasteiger partial charge in [0.25, 0.3) is 11.6 Å². The van der Waals surface area contributed by atoms with Crippen LogP contribution in [0.4, 0.5) is 0 Å². The maximum atomic E-state index is 13.4. The molecule has 16 heteroatoms. The summed E-state index contributed by atoms with van der Waals surface area (Å²) in [6.45, 7) is -0.217. The first-order chi connectivity index (χ1) is 19.8. The van der Waals surface area contributed by atoms with E-state index in [0.29, 0.717) is 22.2 Å². The highest BCUT2D eigenvalue weighted by Gasteiger charge is 2.66. The minimum Gasteiger partial charge on any atom is -0.477 e. The van der Waals surface area contributed by atoms with Gasteiger partial charge in [0.2, 0.25) is 11.1 Å². The first-order valence-electron chi connectivity index (χ1n) is 12.3. The average Bonchev–Trinajstić information content (AvgIpc) is 3.62. The Bertz CT molecular complexity index is 1720. The lowest BCUT2D eigenvalue weighted by molar-refractivity contribution is -0.192. The molecule has 1 fully saturated rings. The SMILES string of the molecule is CO[C@@]1(NC(=O)Cn2cc(-c3ccc4ccccc4c3)nn2)C(=O)N2C(C(=O)O)=C(CSc3nnnn3C)CS[C@@H]21. The molecule has 2 atom stereocenters. The number of aromatic nitrogens is 7. The number of carbonyl (C=O) groups excluding carboxylic acids is 2. The Kier molecular flexibility index (Phi) is 6.96. The second kappa shape index (κ2) is 10.6. The quantitative estimate of drug-likeness (QED) is 0.161. The summed E-state index contributed by atoms with van der Waals surface area (Å²) in [5, 5.41) is 34.1. The highest BCUT2D eigenvalue weighted by atomic mass is 32.2. The van der Waals surface area contributed by atoms with E-state index in [1.54, 1.807) is 13.2 Å². The van der Waals surface area contributed by atoms with E-state index in [4.69, 9.17) is 4.74 Å². The van der Waals surface area contributed by atoms with E-state index in [-0.39, 0.29) is 18.0 Å². The lowest BCUT2D eigenvalue weighted by Gasteiger charge is -2.55. The molecule has 2 aliphatic heterocycles. The number of aliphatic carboxylic acids is 1. The van der Waals surface area contributed by atoms with Crippen LogP contribution in [0.5, 0.6) is 0 Å². The molecular formula is C25H23N9O5S2. The summed E-state index contributed by atoms with van der Waals surface area (Å²) in [5.74, 6) is -1.85. The van der Waals surface area contributed by atoms with E-state index in [0.717, 1.165) is 16.3 Å². The summed E-state index contributed by atoms with van der Waals surface area (Å²) in [4.78, 5) is 39.8. The molecule has 4 heterocycles. The number of carboxylic acid groups (broad SMARTS) is 1. The molecular weight excluding hydrogens is 570 g/mol. The number of nitrogens with zero attached hydrogens (tertiary/aromatic N) is 8. The smallest absolute Gasteiger partial charge is 0.352 e. The van der Waals surface area contributed by atoms with Crippen LogP contribution in [0.3, 0.4) is 0 Å². The van der Waals surface area contributed by atoms with E-state index < -0.39 is 28.9 Å². The van der Waals surface area contributed by atoms with Crippen molar-refractivity contribution in [1.29, 1.82) is 0 Å². The van der Waals surface area contributed by atoms with Crippen molar-refractivity contribution in [2.45, 2.75) is 22.8 Å². The number of β-lactam (4-membered cyclic amide) rings is 1. The van der Waals surface area contributed by atoms with Crippen molar-refractivity contribution in [2.24, 2.45) is 7.05 Å². The van der Waals surface area contributed by atoms with Gasteiger partial charge in [-0.25, -0.2) is 14.2 Å². The molecule has 6 rings (SSSR count). The van der Waals surface area contributed by atoms with E-state index in [2.05, 4.69) is 31.2 Å². The monoisotopic (exact) mass is 593 g/mol. The van der Waals surface area contributed by atoms with Crippen LogP contribution in [0.1, 0.15) is 0 Å². The maximum absolute atomic E-state index is 13.4. The third-order valence-electron chi connectivity index (χ3n) is 6.81. The highest BCUT2D eigenvalue weighted by molar-refractivity contribution is 8.01. The predicted octanol–water partition coefficient (Wildman–Crippen LogP) is 1.13. The predicted molar refractivity (Wildman–Crippen MR) is 148 cm³/mol. The van der Waals surface area contributed by atoms with E-state index in [1.807, 2.05) is 42.5 Å². The molecule has 2 aliphatic rings. The van der Waals surface area contributed by atoms with Crippen LogP contribution in [0, 0.1) is 0 Å². The molecule has 2 amide bonds. The topological polar surface area (TPSA) is 170 Å². The third kappa shape index (κ3) is 4.72. The molecule has 0 saturated carbocycles. The summed E-state index contributed by atoms with van der Waals surface area (Å²) in [6.07, 6.45) is 1.65. The summed E-state index contributed by atoms with van der Waals surface area (Å²) in [5.41, 5.74) is 0.151. The number of carboxylic acids is 1. The molecule has 0 unspecified atom stereocenters. The largest absolute Gasteiger partial charge is 0.477 e. The number of amides is 2. The Morgan fingerprint density at radius 3 is 2.73 bits per heavy atom. The van der Waals surface area contributed by atoms with Gasteiger partial charge >= 0.3 is 5.97 Å². The van der Waals surface area contributed by atoms with Gasteiger partial charge in [0.1, 0.15) is 23.3 Å². The van der Waals surface area contributed by atoms with Crippen molar-refractivity contribution in [3.8, 4) is 11.3 Å². The zero-order valence-electron chi connectivity index (χ0n) is 21.8. The Morgan fingerprint density at radius 2 is 2.00 bits per heavy atom. The van der Waals surface area contributed by atoms with Crippen LogP contribution in [0.2, 0.25) is 0 Å². The first kappa shape index (κ1) is 26.9. The van der Waals surface area contributed by atoms with Crippen molar-refractivity contribution in [1.82, 2.24) is 45.4 Å². The Balaban J connectivity index is 1.16. The molecule has 2 aromatic heterocycles. The van der Waals surface area contributed by atoms with Crippen LogP contribution in [-0.4, -0.2) is 92.7 Å². The number of hydrogen-bond acceptors (Lipinski definition) is 11.